The minimum atomic E-state index is -1.15. The van der Waals surface area contributed by atoms with Crippen LogP contribution >= 0.6 is 0 Å². The van der Waals surface area contributed by atoms with Gasteiger partial charge in [-0.15, -0.1) is 0 Å². The summed E-state index contributed by atoms with van der Waals surface area (Å²) in [6, 6.07) is 9.88. The minimum Gasteiger partial charge on any atom is -0.319 e. The van der Waals surface area contributed by atoms with Crippen LogP contribution in [0.25, 0.3) is 0 Å². The van der Waals surface area contributed by atoms with Gasteiger partial charge in [-0.25, -0.2) is 4.79 Å². The lowest BCUT2D eigenvalue weighted by atomic mass is 9.91. The molecule has 0 saturated carbocycles. The highest BCUT2D eigenvalue weighted by atomic mass is 16.2. The van der Waals surface area contributed by atoms with E-state index in [1.807, 2.05) is 12.1 Å². The Morgan fingerprint density at radius 2 is 1.90 bits per heavy atom. The topological polar surface area (TPSA) is 97.0 Å². The van der Waals surface area contributed by atoms with Crippen LogP contribution in [0.4, 0.5) is 4.79 Å². The highest BCUT2D eigenvalue weighted by Gasteiger charge is 2.48. The minimum absolute atomic E-state index is 0.0764. The monoisotopic (exact) mass is 268 g/mol. The molecule has 6 nitrogen and oxygen atoms in total. The van der Waals surface area contributed by atoms with Gasteiger partial charge in [0.05, 0.1) is 24.1 Å². The van der Waals surface area contributed by atoms with Gasteiger partial charge in [0.25, 0.3) is 5.91 Å². The summed E-state index contributed by atoms with van der Waals surface area (Å²) >= 11 is 0. The molecule has 1 fully saturated rings. The largest absolute Gasteiger partial charge is 0.325 e. The zero-order chi connectivity index (χ0) is 14.8. The van der Waals surface area contributed by atoms with E-state index in [-0.39, 0.29) is 18.9 Å². The van der Waals surface area contributed by atoms with Crippen LogP contribution in [0.2, 0.25) is 0 Å². The Labute approximate surface area is 116 Å². The first-order valence-electron chi connectivity index (χ1n) is 6.04. The van der Waals surface area contributed by atoms with E-state index < -0.39 is 11.6 Å². The zero-order valence-corrected chi connectivity index (χ0v) is 10.9. The zero-order valence-electron chi connectivity index (χ0n) is 10.9. The number of benzene rings is 1. The second-order valence-corrected chi connectivity index (χ2v) is 4.61. The summed E-state index contributed by atoms with van der Waals surface area (Å²) in [5.74, 6) is -0.387. The lowest BCUT2D eigenvalue weighted by molar-refractivity contribution is -0.131. The summed E-state index contributed by atoms with van der Waals surface area (Å²) < 4.78 is 0. The van der Waals surface area contributed by atoms with Crippen LogP contribution in [0.1, 0.15) is 24.5 Å². The predicted octanol–water partition coefficient (Wildman–Crippen LogP) is 1.24. The van der Waals surface area contributed by atoms with Crippen LogP contribution in [0, 0.1) is 22.7 Å². The van der Waals surface area contributed by atoms with Gasteiger partial charge in [-0.05, 0) is 24.6 Å². The van der Waals surface area contributed by atoms with Gasteiger partial charge in [-0.1, -0.05) is 12.1 Å². The van der Waals surface area contributed by atoms with Gasteiger partial charge in [0.1, 0.15) is 5.54 Å². The quantitative estimate of drug-likeness (QED) is 0.834. The third-order valence-electron chi connectivity index (χ3n) is 3.31. The first-order valence-corrected chi connectivity index (χ1v) is 6.04. The molecule has 20 heavy (non-hydrogen) atoms. The summed E-state index contributed by atoms with van der Waals surface area (Å²) in [6.07, 6.45) is 0.0998. The molecule has 3 amide bonds. The van der Waals surface area contributed by atoms with Crippen LogP contribution in [-0.2, 0) is 10.3 Å². The number of nitriles is 2. The lowest BCUT2D eigenvalue weighted by Crippen LogP contribution is -2.41. The molecule has 1 saturated heterocycles. The molecular weight excluding hydrogens is 256 g/mol. The number of nitrogens with zero attached hydrogens (tertiary/aromatic N) is 3. The number of carbonyl (C=O) groups excluding carboxylic acids is 2. The van der Waals surface area contributed by atoms with E-state index in [1.165, 1.54) is 0 Å². The van der Waals surface area contributed by atoms with Gasteiger partial charge in [0, 0.05) is 6.54 Å². The first-order chi connectivity index (χ1) is 9.52. The van der Waals surface area contributed by atoms with Gasteiger partial charge < -0.3 is 5.32 Å². The van der Waals surface area contributed by atoms with E-state index in [9.17, 15) is 9.59 Å². The van der Waals surface area contributed by atoms with Crippen LogP contribution in [0.3, 0.4) is 0 Å². The Kier molecular flexibility index (Phi) is 3.41. The van der Waals surface area contributed by atoms with E-state index >= 15 is 0 Å². The molecule has 100 valence electrons. The van der Waals surface area contributed by atoms with Crippen molar-refractivity contribution in [2.75, 3.05) is 6.54 Å². The standard InChI is InChI=1S/C14H12N4O2/c1-14(11-5-3-10(9-16)4-6-11)12(19)18(8-2-7-15)13(20)17-14/h3-6H,2,8H2,1H3,(H,17,20). The van der Waals surface area contributed by atoms with Crippen LogP contribution in [0.15, 0.2) is 24.3 Å². The van der Waals surface area contributed by atoms with Gasteiger partial charge in [0.2, 0.25) is 0 Å². The maximum atomic E-state index is 12.4. The SMILES string of the molecule is CC1(c2ccc(C#N)cc2)NC(=O)N(CCC#N)C1=O. The number of rotatable bonds is 3. The third kappa shape index (κ3) is 2.08. The van der Waals surface area contributed by atoms with Gasteiger partial charge in [-0.2, -0.15) is 10.5 Å². The third-order valence-corrected chi connectivity index (χ3v) is 3.31. The molecule has 0 aliphatic carbocycles. The molecule has 0 radical (unpaired) electrons. The number of nitrogens with one attached hydrogen (secondary N) is 1. The highest BCUT2D eigenvalue weighted by molar-refractivity contribution is 6.07. The Bertz CT molecular complexity index is 639. The fourth-order valence-corrected chi connectivity index (χ4v) is 2.14. The van der Waals surface area contributed by atoms with E-state index in [4.69, 9.17) is 10.5 Å². The summed E-state index contributed by atoms with van der Waals surface area (Å²) in [5.41, 5.74) is -0.0645. The molecule has 1 aliphatic rings. The fourth-order valence-electron chi connectivity index (χ4n) is 2.14. The number of hydrogen-bond acceptors (Lipinski definition) is 4. The summed E-state index contributed by atoms with van der Waals surface area (Å²) in [5, 5.41) is 20.0. The average Bonchev–Trinajstić information content (AvgIpc) is 2.68. The maximum Gasteiger partial charge on any atom is 0.325 e. The Morgan fingerprint density at radius 1 is 1.25 bits per heavy atom. The highest BCUT2D eigenvalue weighted by Crippen LogP contribution is 2.28. The number of amides is 3. The van der Waals surface area contributed by atoms with Crippen LogP contribution in [0.5, 0.6) is 0 Å². The maximum absolute atomic E-state index is 12.4. The van der Waals surface area contributed by atoms with E-state index in [2.05, 4.69) is 5.32 Å². The second kappa shape index (κ2) is 5.02. The molecule has 2 rings (SSSR count). The molecule has 1 aromatic carbocycles. The van der Waals surface area contributed by atoms with Crippen LogP contribution < -0.4 is 5.32 Å². The fraction of sp³-hybridized carbons (Fsp3) is 0.286. The molecule has 0 aromatic heterocycles. The van der Waals surface area contributed by atoms with Crippen molar-refractivity contribution in [3.05, 3.63) is 35.4 Å². The van der Waals surface area contributed by atoms with Crippen molar-refractivity contribution in [2.24, 2.45) is 0 Å². The van der Waals surface area contributed by atoms with Gasteiger partial charge >= 0.3 is 6.03 Å². The molecule has 1 aliphatic heterocycles. The van der Waals surface area contributed by atoms with Crippen molar-refractivity contribution < 1.29 is 9.59 Å². The van der Waals surface area contributed by atoms with Crippen molar-refractivity contribution in [1.29, 1.82) is 10.5 Å². The Balaban J connectivity index is 2.31. The van der Waals surface area contributed by atoms with Crippen molar-refractivity contribution in [2.45, 2.75) is 18.9 Å². The molecule has 6 heteroatoms. The molecular formula is C14H12N4O2. The molecule has 1 N–H and O–H groups in total. The normalized spacial score (nSPS) is 21.2. The molecule has 1 aromatic rings. The lowest BCUT2D eigenvalue weighted by Gasteiger charge is -2.22. The molecule has 1 heterocycles. The molecule has 1 atom stereocenters. The van der Waals surface area contributed by atoms with Crippen molar-refractivity contribution in [1.82, 2.24) is 10.2 Å². The van der Waals surface area contributed by atoms with Crippen molar-refractivity contribution >= 4 is 11.9 Å². The number of hydrogen-bond donors (Lipinski definition) is 1. The van der Waals surface area contributed by atoms with E-state index in [0.717, 1.165) is 4.90 Å². The predicted molar refractivity (Wildman–Crippen MR) is 69.0 cm³/mol. The molecule has 1 unspecified atom stereocenters. The van der Waals surface area contributed by atoms with Gasteiger partial charge in [-0.3, -0.25) is 9.69 Å². The smallest absolute Gasteiger partial charge is 0.319 e. The summed E-state index contributed by atoms with van der Waals surface area (Å²) in [7, 11) is 0. The van der Waals surface area contributed by atoms with Crippen LogP contribution in [-0.4, -0.2) is 23.4 Å². The molecule has 0 bridgehead atoms. The number of carbonyl (C=O) groups is 2. The average molecular weight is 268 g/mol. The molecule has 0 spiro atoms. The first kappa shape index (κ1) is 13.6. The summed E-state index contributed by atoms with van der Waals surface area (Å²) in [4.78, 5) is 25.2. The summed E-state index contributed by atoms with van der Waals surface area (Å²) in [6.45, 7) is 1.69. The van der Waals surface area contributed by atoms with E-state index in [0.29, 0.717) is 11.1 Å². The number of urea groups is 1. The van der Waals surface area contributed by atoms with Crippen molar-refractivity contribution in [3.63, 3.8) is 0 Å². The van der Waals surface area contributed by atoms with E-state index in [1.54, 1.807) is 31.2 Å². The van der Waals surface area contributed by atoms with Gasteiger partial charge in [0.15, 0.2) is 0 Å². The van der Waals surface area contributed by atoms with Crippen molar-refractivity contribution in [3.8, 4) is 12.1 Å². The second-order valence-electron chi connectivity index (χ2n) is 4.61. The Morgan fingerprint density at radius 3 is 2.45 bits per heavy atom. The Hall–Kier alpha value is -2.86. The number of imide groups is 1.